The van der Waals surface area contributed by atoms with Crippen LogP contribution in [0.3, 0.4) is 0 Å². The van der Waals surface area contributed by atoms with Crippen LogP contribution in [0.25, 0.3) is 0 Å². The normalized spacial score (nSPS) is 16.0. The zero-order valence-electron chi connectivity index (χ0n) is 6.66. The highest BCUT2D eigenvalue weighted by Gasteiger charge is 1.98. The van der Waals surface area contributed by atoms with Crippen LogP contribution in [-0.2, 0) is 0 Å². The zero-order valence-corrected chi connectivity index (χ0v) is 6.66. The first-order valence-corrected chi connectivity index (χ1v) is 3.73. The summed E-state index contributed by atoms with van der Waals surface area (Å²) in [6, 6.07) is 0. The predicted molar refractivity (Wildman–Crippen MR) is 48.9 cm³/mol. The largest absolute Gasteiger partial charge is 0.351 e. The van der Waals surface area contributed by atoms with E-state index in [-0.39, 0.29) is 0 Å². The minimum atomic E-state index is 0.934. The minimum absolute atomic E-state index is 0.934. The molecule has 0 aliphatic carbocycles. The molecule has 1 heterocycles. The molecular weight excluding hydrogens is 134 g/mol. The molecule has 0 N–H and O–H groups in total. The molecule has 1 heteroatoms. The van der Waals surface area contributed by atoms with Crippen molar-refractivity contribution in [3.63, 3.8) is 0 Å². The average molecular weight is 147 g/mol. The monoisotopic (exact) mass is 147 g/mol. The molecular formula is C10H13N. The molecule has 58 valence electrons. The maximum absolute atomic E-state index is 3.69. The van der Waals surface area contributed by atoms with Gasteiger partial charge in [0.2, 0.25) is 0 Å². The van der Waals surface area contributed by atoms with Gasteiger partial charge in [-0.05, 0) is 24.3 Å². The summed E-state index contributed by atoms with van der Waals surface area (Å²) >= 11 is 0. The molecule has 11 heavy (non-hydrogen) atoms. The van der Waals surface area contributed by atoms with E-state index in [2.05, 4.69) is 25.3 Å². The second kappa shape index (κ2) is 3.81. The fraction of sp³-hybridized carbons (Fsp3) is 0.200. The van der Waals surface area contributed by atoms with Crippen molar-refractivity contribution in [2.24, 2.45) is 0 Å². The third kappa shape index (κ3) is 2.11. The molecule has 0 spiro atoms. The Kier molecular flexibility index (Phi) is 2.73. The molecule has 0 radical (unpaired) electrons. The molecule has 0 aromatic carbocycles. The van der Waals surface area contributed by atoms with Gasteiger partial charge >= 0.3 is 0 Å². The van der Waals surface area contributed by atoms with Crippen molar-refractivity contribution < 1.29 is 0 Å². The van der Waals surface area contributed by atoms with Crippen LogP contribution >= 0.6 is 0 Å². The Balaban J connectivity index is 2.51. The number of hydrogen-bond donors (Lipinski definition) is 0. The van der Waals surface area contributed by atoms with E-state index in [9.17, 15) is 0 Å². The molecule has 0 amide bonds. The quantitative estimate of drug-likeness (QED) is 0.554. The van der Waals surface area contributed by atoms with Crippen molar-refractivity contribution in [3.8, 4) is 0 Å². The molecule has 0 aromatic heterocycles. The van der Waals surface area contributed by atoms with Crippen molar-refractivity contribution in [1.82, 2.24) is 4.90 Å². The second-order valence-corrected chi connectivity index (χ2v) is 2.47. The van der Waals surface area contributed by atoms with Crippen molar-refractivity contribution in [2.45, 2.75) is 6.42 Å². The van der Waals surface area contributed by atoms with Gasteiger partial charge in [-0.2, -0.15) is 0 Å². The summed E-state index contributed by atoms with van der Waals surface area (Å²) < 4.78 is 0. The highest BCUT2D eigenvalue weighted by molar-refractivity contribution is 5.25. The van der Waals surface area contributed by atoms with Crippen LogP contribution in [-0.4, -0.2) is 11.4 Å². The SMILES string of the molecule is C=CCC1=CCN(C=C)C=C1. The van der Waals surface area contributed by atoms with E-state index < -0.39 is 0 Å². The summed E-state index contributed by atoms with van der Waals surface area (Å²) in [5.74, 6) is 0. The smallest absolute Gasteiger partial charge is 0.0405 e. The molecule has 1 aliphatic rings. The van der Waals surface area contributed by atoms with E-state index in [4.69, 9.17) is 0 Å². The van der Waals surface area contributed by atoms with Gasteiger partial charge in [0.25, 0.3) is 0 Å². The highest BCUT2D eigenvalue weighted by Crippen LogP contribution is 2.10. The van der Waals surface area contributed by atoms with Crippen LogP contribution in [0, 0.1) is 0 Å². The summed E-state index contributed by atoms with van der Waals surface area (Å²) in [5.41, 5.74) is 1.33. The van der Waals surface area contributed by atoms with Crippen LogP contribution < -0.4 is 0 Å². The van der Waals surface area contributed by atoms with Gasteiger partial charge < -0.3 is 4.90 Å². The molecule has 1 nitrogen and oxygen atoms in total. The Morgan fingerprint density at radius 3 is 2.82 bits per heavy atom. The number of nitrogens with zero attached hydrogens (tertiary/aromatic N) is 1. The Hall–Kier alpha value is -1.24. The van der Waals surface area contributed by atoms with Gasteiger partial charge in [-0.25, -0.2) is 0 Å². The minimum Gasteiger partial charge on any atom is -0.351 e. The molecule has 0 saturated carbocycles. The first kappa shape index (κ1) is 7.86. The number of rotatable bonds is 3. The van der Waals surface area contributed by atoms with E-state index in [1.165, 1.54) is 5.57 Å². The molecule has 0 bridgehead atoms. The van der Waals surface area contributed by atoms with Gasteiger partial charge in [0.15, 0.2) is 0 Å². The molecule has 0 aromatic rings. The lowest BCUT2D eigenvalue weighted by atomic mass is 10.1. The van der Waals surface area contributed by atoms with E-state index >= 15 is 0 Å². The van der Waals surface area contributed by atoms with Gasteiger partial charge in [-0.3, -0.25) is 0 Å². The van der Waals surface area contributed by atoms with Gasteiger partial charge in [0, 0.05) is 12.7 Å². The third-order valence-corrected chi connectivity index (χ3v) is 1.66. The lowest BCUT2D eigenvalue weighted by molar-refractivity contribution is 0.558. The summed E-state index contributed by atoms with van der Waals surface area (Å²) in [6.45, 7) is 8.30. The fourth-order valence-electron chi connectivity index (χ4n) is 0.996. The maximum atomic E-state index is 3.69. The maximum Gasteiger partial charge on any atom is 0.0405 e. The summed E-state index contributed by atoms with van der Waals surface area (Å²) in [7, 11) is 0. The number of hydrogen-bond acceptors (Lipinski definition) is 1. The van der Waals surface area contributed by atoms with Crippen LogP contribution in [0.4, 0.5) is 0 Å². The molecule has 0 unspecified atom stereocenters. The van der Waals surface area contributed by atoms with Gasteiger partial charge in [0.05, 0.1) is 0 Å². The van der Waals surface area contributed by atoms with E-state index in [1.54, 1.807) is 0 Å². The van der Waals surface area contributed by atoms with Crippen molar-refractivity contribution >= 4 is 0 Å². The highest BCUT2D eigenvalue weighted by atomic mass is 15.1. The van der Waals surface area contributed by atoms with Gasteiger partial charge in [0.1, 0.15) is 0 Å². The summed E-state index contributed by atoms with van der Waals surface area (Å²) in [4.78, 5) is 2.03. The first-order valence-electron chi connectivity index (χ1n) is 3.73. The van der Waals surface area contributed by atoms with Crippen LogP contribution in [0.15, 0.2) is 49.4 Å². The fourth-order valence-corrected chi connectivity index (χ4v) is 0.996. The Morgan fingerprint density at radius 2 is 2.36 bits per heavy atom. The van der Waals surface area contributed by atoms with Gasteiger partial charge in [-0.15, -0.1) is 6.58 Å². The Bertz CT molecular complexity index is 211. The first-order chi connectivity index (χ1) is 5.36. The summed E-state index contributed by atoms with van der Waals surface area (Å²) in [6.07, 6.45) is 11.0. The second-order valence-electron chi connectivity index (χ2n) is 2.47. The van der Waals surface area contributed by atoms with E-state index in [0.717, 1.165) is 13.0 Å². The van der Waals surface area contributed by atoms with Crippen LogP contribution in [0.1, 0.15) is 6.42 Å². The van der Waals surface area contributed by atoms with E-state index in [0.29, 0.717) is 0 Å². The lowest BCUT2D eigenvalue weighted by Gasteiger charge is -2.16. The number of allylic oxidation sites excluding steroid dienone is 3. The Labute approximate surface area is 68.0 Å². The van der Waals surface area contributed by atoms with Crippen LogP contribution in [0.2, 0.25) is 0 Å². The van der Waals surface area contributed by atoms with E-state index in [1.807, 2.05) is 23.4 Å². The third-order valence-electron chi connectivity index (χ3n) is 1.66. The predicted octanol–water partition coefficient (Wildman–Crippen LogP) is 2.46. The van der Waals surface area contributed by atoms with Gasteiger partial charge in [-0.1, -0.05) is 18.7 Å². The average Bonchev–Trinajstić information content (AvgIpc) is 2.07. The summed E-state index contributed by atoms with van der Waals surface area (Å²) in [5, 5.41) is 0. The zero-order chi connectivity index (χ0) is 8.10. The Morgan fingerprint density at radius 1 is 1.55 bits per heavy atom. The van der Waals surface area contributed by atoms with Crippen molar-refractivity contribution in [2.75, 3.05) is 6.54 Å². The molecule has 0 saturated heterocycles. The molecule has 0 fully saturated rings. The molecule has 1 rings (SSSR count). The van der Waals surface area contributed by atoms with Crippen molar-refractivity contribution in [1.29, 1.82) is 0 Å². The van der Waals surface area contributed by atoms with Crippen molar-refractivity contribution in [3.05, 3.63) is 49.4 Å². The topological polar surface area (TPSA) is 3.24 Å². The van der Waals surface area contributed by atoms with Crippen LogP contribution in [0.5, 0.6) is 0 Å². The standard InChI is InChI=1S/C10H13N/c1-3-5-10-6-8-11(4-2)9-7-10/h3-4,6-8H,1-2,5,9H2. The lowest BCUT2D eigenvalue weighted by Crippen LogP contribution is -2.11. The molecule has 1 aliphatic heterocycles. The molecule has 0 atom stereocenters.